The van der Waals surface area contributed by atoms with Crippen molar-refractivity contribution in [3.63, 3.8) is 0 Å². The van der Waals surface area contributed by atoms with Gasteiger partial charge in [-0.2, -0.15) is 0 Å². The van der Waals surface area contributed by atoms with E-state index in [-0.39, 0.29) is 5.91 Å². The van der Waals surface area contributed by atoms with Crippen LogP contribution in [-0.2, 0) is 0 Å². The third-order valence-corrected chi connectivity index (χ3v) is 7.78. The number of rotatable bonds is 4. The number of aromatic nitrogens is 1. The summed E-state index contributed by atoms with van der Waals surface area (Å²) in [4.78, 5) is 21.7. The molecule has 0 unspecified atom stereocenters. The molecule has 2 aromatic carbocycles. The minimum absolute atomic E-state index is 0.221. The Kier molecular flexibility index (Phi) is 6.48. The van der Waals surface area contributed by atoms with Gasteiger partial charge >= 0.3 is 0 Å². The van der Waals surface area contributed by atoms with Gasteiger partial charge in [0.2, 0.25) is 0 Å². The molecule has 2 fully saturated rings. The van der Waals surface area contributed by atoms with E-state index in [1.165, 1.54) is 49.7 Å². The van der Waals surface area contributed by atoms with Crippen LogP contribution in [0.1, 0.15) is 85.7 Å². The van der Waals surface area contributed by atoms with E-state index in [0.717, 1.165) is 53.4 Å². The molecule has 0 saturated heterocycles. The van der Waals surface area contributed by atoms with E-state index in [4.69, 9.17) is 4.98 Å². The smallest absolute Gasteiger partial charge is 0.255 e. The molecular formula is C30H36N2O. The molecule has 5 rings (SSSR count). The molecule has 1 amide bonds. The Morgan fingerprint density at radius 2 is 1.45 bits per heavy atom. The Morgan fingerprint density at radius 1 is 0.818 bits per heavy atom. The zero-order valence-corrected chi connectivity index (χ0v) is 20.1. The Labute approximate surface area is 198 Å². The van der Waals surface area contributed by atoms with Gasteiger partial charge in [0.25, 0.3) is 5.91 Å². The maximum absolute atomic E-state index is 14.4. The van der Waals surface area contributed by atoms with Gasteiger partial charge in [-0.15, -0.1) is 0 Å². The first kappa shape index (κ1) is 22.1. The molecule has 2 saturated carbocycles. The van der Waals surface area contributed by atoms with Gasteiger partial charge in [-0.1, -0.05) is 80.5 Å². The van der Waals surface area contributed by atoms with Gasteiger partial charge in [-0.25, -0.2) is 4.98 Å². The molecule has 0 N–H and O–H groups in total. The normalized spacial score (nSPS) is 17.9. The summed E-state index contributed by atoms with van der Waals surface area (Å²) in [6.45, 7) is 4.25. The average Bonchev–Trinajstić information content (AvgIpc) is 2.85. The summed E-state index contributed by atoms with van der Waals surface area (Å²) in [6, 6.07) is 17.5. The second-order valence-electron chi connectivity index (χ2n) is 10.2. The summed E-state index contributed by atoms with van der Waals surface area (Å²) in [5.41, 5.74) is 6.20. The minimum atomic E-state index is 0.221. The third-order valence-electron chi connectivity index (χ3n) is 7.78. The standard InChI is InChI=1S/C30H36N2O/c1-21-17-18-25(22(2)19-21)29-20-27(26-15-9-10-16-28(26)31-29)30(33)32(23-11-5-3-6-12-23)24-13-7-4-8-14-24/h9-10,15-20,23-24H,3-8,11-14H2,1-2H3. The van der Waals surface area contributed by atoms with Crippen molar-refractivity contribution in [3.05, 3.63) is 65.2 Å². The zero-order chi connectivity index (χ0) is 22.8. The number of fused-ring (bicyclic) bond motifs is 1. The fraction of sp³-hybridized carbons (Fsp3) is 0.467. The maximum atomic E-state index is 14.4. The summed E-state index contributed by atoms with van der Waals surface area (Å²) in [7, 11) is 0. The first-order chi connectivity index (χ1) is 16.1. The fourth-order valence-electron chi connectivity index (χ4n) is 6.08. The molecule has 3 aromatic rings. The topological polar surface area (TPSA) is 33.2 Å². The van der Waals surface area contributed by atoms with Crippen molar-refractivity contribution < 1.29 is 4.79 Å². The molecule has 0 atom stereocenters. The number of pyridine rings is 1. The molecule has 0 radical (unpaired) electrons. The second kappa shape index (κ2) is 9.67. The number of hydrogen-bond acceptors (Lipinski definition) is 2. The van der Waals surface area contributed by atoms with Crippen molar-refractivity contribution in [2.75, 3.05) is 0 Å². The SMILES string of the molecule is Cc1ccc(-c2cc(C(=O)N(C3CCCCC3)C3CCCCC3)c3ccccc3n2)c(C)c1. The molecule has 0 aliphatic heterocycles. The summed E-state index contributed by atoms with van der Waals surface area (Å²) >= 11 is 0. The van der Waals surface area contributed by atoms with Gasteiger partial charge in [0.05, 0.1) is 16.8 Å². The quantitative estimate of drug-likeness (QED) is 0.418. The van der Waals surface area contributed by atoms with Crippen molar-refractivity contribution in [2.24, 2.45) is 0 Å². The molecular weight excluding hydrogens is 404 g/mol. The number of para-hydroxylation sites is 1. The summed E-state index contributed by atoms with van der Waals surface area (Å²) in [5.74, 6) is 0.221. The molecule has 33 heavy (non-hydrogen) atoms. The lowest BCUT2D eigenvalue weighted by molar-refractivity contribution is 0.0450. The number of aryl methyl sites for hydroxylation is 2. The van der Waals surface area contributed by atoms with Crippen LogP contribution >= 0.6 is 0 Å². The molecule has 2 aliphatic carbocycles. The summed E-state index contributed by atoms with van der Waals surface area (Å²) < 4.78 is 0. The average molecular weight is 441 g/mol. The monoisotopic (exact) mass is 440 g/mol. The third kappa shape index (κ3) is 4.55. The zero-order valence-electron chi connectivity index (χ0n) is 20.1. The van der Waals surface area contributed by atoms with E-state index in [9.17, 15) is 4.79 Å². The number of amides is 1. The number of nitrogens with zero attached hydrogens (tertiary/aromatic N) is 2. The predicted octanol–water partition coefficient (Wildman–Crippen LogP) is 7.63. The van der Waals surface area contributed by atoms with Crippen molar-refractivity contribution in [2.45, 2.75) is 90.1 Å². The highest BCUT2D eigenvalue weighted by atomic mass is 16.2. The molecule has 0 bridgehead atoms. The number of hydrogen-bond donors (Lipinski definition) is 0. The van der Waals surface area contributed by atoms with Crippen molar-refractivity contribution in [1.29, 1.82) is 0 Å². The van der Waals surface area contributed by atoms with Crippen LogP contribution < -0.4 is 0 Å². The molecule has 3 nitrogen and oxygen atoms in total. The van der Waals surface area contributed by atoms with E-state index in [1.807, 2.05) is 18.2 Å². The molecule has 172 valence electrons. The lowest BCUT2D eigenvalue weighted by Crippen LogP contribution is -2.48. The largest absolute Gasteiger partial charge is 0.333 e. The number of carbonyl (C=O) groups excluding carboxylic acids is 1. The van der Waals surface area contributed by atoms with E-state index in [1.54, 1.807) is 0 Å². The highest BCUT2D eigenvalue weighted by Crippen LogP contribution is 2.34. The predicted molar refractivity (Wildman–Crippen MR) is 137 cm³/mol. The second-order valence-corrected chi connectivity index (χ2v) is 10.2. The highest BCUT2D eigenvalue weighted by Gasteiger charge is 2.34. The van der Waals surface area contributed by atoms with Gasteiger partial charge in [0, 0.05) is 23.0 Å². The Bertz CT molecular complexity index is 1120. The van der Waals surface area contributed by atoms with E-state index in [0.29, 0.717) is 12.1 Å². The van der Waals surface area contributed by atoms with Crippen LogP contribution in [0, 0.1) is 13.8 Å². The Hall–Kier alpha value is -2.68. The minimum Gasteiger partial charge on any atom is -0.333 e. The van der Waals surface area contributed by atoms with Crippen molar-refractivity contribution in [1.82, 2.24) is 9.88 Å². The van der Waals surface area contributed by atoms with Gasteiger partial charge < -0.3 is 4.90 Å². The van der Waals surface area contributed by atoms with E-state index in [2.05, 4.69) is 49.1 Å². The Morgan fingerprint density at radius 3 is 2.09 bits per heavy atom. The van der Waals surface area contributed by atoms with Crippen LogP contribution in [0.15, 0.2) is 48.5 Å². The molecule has 2 aliphatic rings. The van der Waals surface area contributed by atoms with Crippen molar-refractivity contribution >= 4 is 16.8 Å². The lowest BCUT2D eigenvalue weighted by atomic mass is 9.87. The molecule has 3 heteroatoms. The van der Waals surface area contributed by atoms with Gasteiger partial charge in [0.15, 0.2) is 0 Å². The number of carbonyl (C=O) groups is 1. The van der Waals surface area contributed by atoms with Gasteiger partial charge in [-0.3, -0.25) is 4.79 Å². The Balaban J connectivity index is 1.62. The van der Waals surface area contributed by atoms with E-state index < -0.39 is 0 Å². The van der Waals surface area contributed by atoms with Crippen LogP contribution in [0.2, 0.25) is 0 Å². The highest BCUT2D eigenvalue weighted by molar-refractivity contribution is 6.07. The molecule has 0 spiro atoms. The maximum Gasteiger partial charge on any atom is 0.255 e. The van der Waals surface area contributed by atoms with Crippen LogP contribution in [0.25, 0.3) is 22.2 Å². The van der Waals surface area contributed by atoms with Crippen LogP contribution in [0.3, 0.4) is 0 Å². The van der Waals surface area contributed by atoms with Gasteiger partial charge in [-0.05, 0) is 57.2 Å². The number of benzene rings is 2. The van der Waals surface area contributed by atoms with Crippen molar-refractivity contribution in [3.8, 4) is 11.3 Å². The van der Waals surface area contributed by atoms with Crippen LogP contribution in [-0.4, -0.2) is 27.9 Å². The summed E-state index contributed by atoms with van der Waals surface area (Å²) in [5, 5.41) is 0.979. The van der Waals surface area contributed by atoms with E-state index >= 15 is 0 Å². The fourth-order valence-corrected chi connectivity index (χ4v) is 6.08. The first-order valence-electron chi connectivity index (χ1n) is 12.9. The molecule has 1 heterocycles. The molecule has 1 aromatic heterocycles. The first-order valence-corrected chi connectivity index (χ1v) is 12.9. The lowest BCUT2D eigenvalue weighted by Gasteiger charge is -2.42. The van der Waals surface area contributed by atoms with Crippen LogP contribution in [0.5, 0.6) is 0 Å². The van der Waals surface area contributed by atoms with Gasteiger partial charge in [0.1, 0.15) is 0 Å². The van der Waals surface area contributed by atoms with Crippen LogP contribution in [0.4, 0.5) is 0 Å². The summed E-state index contributed by atoms with van der Waals surface area (Å²) in [6.07, 6.45) is 12.2.